The number of nitrogens with zero attached hydrogens (tertiary/aromatic N) is 1. The molecule has 0 heterocycles. The Hall–Kier alpha value is -1.10. The summed E-state index contributed by atoms with van der Waals surface area (Å²) in [6.45, 7) is 3.06. The molecule has 0 aromatic carbocycles. The van der Waals surface area contributed by atoms with Gasteiger partial charge in [-0.1, -0.05) is 0 Å². The fraction of sp³-hybridized carbons (Fsp3) is 0.400. The van der Waals surface area contributed by atoms with E-state index >= 15 is 0 Å². The summed E-state index contributed by atoms with van der Waals surface area (Å²) >= 11 is -2.61. The predicted molar refractivity (Wildman–Crippen MR) is 41.4 cm³/mol. The molecule has 0 aliphatic rings. The number of carbonyl (C=O) groups excluding carboxylic acids is 2. The zero-order valence-electron chi connectivity index (χ0n) is 6.55. The van der Waals surface area contributed by atoms with Crippen molar-refractivity contribution in [1.82, 2.24) is 0 Å². The normalized spacial score (nSPS) is 6.33. The molecule has 0 radical (unpaired) electrons. The molecule has 0 aliphatic carbocycles. The first kappa shape index (κ1) is 17.1. The average Bonchev–Trinajstić information content (AvgIpc) is 1.85. The largest absolute Gasteiger partial charge is 0.300 e. The van der Waals surface area contributed by atoms with Gasteiger partial charge in [0.05, 0.1) is 0 Å². The molecule has 0 aliphatic heterocycles. The number of hydrogen-bond acceptors (Lipinski definition) is 4. The van der Waals surface area contributed by atoms with Crippen LogP contribution in [-0.2, 0) is 21.0 Å². The number of Topliss-reactive ketones (excluding diaryl/α,β-unsaturated/α-hetero) is 1. The Morgan fingerprint density at radius 2 is 1.58 bits per heavy atom. The lowest BCUT2D eigenvalue weighted by molar-refractivity contribution is -0.115. The van der Waals surface area contributed by atoms with Crippen molar-refractivity contribution in [3.8, 4) is 6.07 Å². The monoisotopic (exact) mass is 195 g/mol. The van der Waals surface area contributed by atoms with Gasteiger partial charge in [-0.05, 0) is 13.8 Å². The van der Waals surface area contributed by atoms with E-state index in [1.807, 2.05) is 0 Å². The Morgan fingerprint density at radius 3 is 1.58 bits per heavy atom. The van der Waals surface area contributed by atoms with Crippen molar-refractivity contribution in [3.05, 3.63) is 0 Å². The van der Waals surface area contributed by atoms with E-state index in [1.54, 1.807) is 0 Å². The van der Waals surface area contributed by atoms with Gasteiger partial charge in [0.15, 0.2) is 0 Å². The van der Waals surface area contributed by atoms with Gasteiger partial charge in [-0.25, -0.2) is 0 Å². The molecule has 2 N–H and O–H groups in total. The molecule has 0 fully saturated rings. The second-order valence-corrected chi connectivity index (χ2v) is 1.85. The van der Waals surface area contributed by atoms with E-state index in [9.17, 15) is 4.79 Å². The van der Waals surface area contributed by atoms with Gasteiger partial charge in [0.2, 0.25) is 6.29 Å². The first-order valence-electron chi connectivity index (χ1n) is 2.48. The van der Waals surface area contributed by atoms with E-state index in [2.05, 4.69) is 0 Å². The minimum Gasteiger partial charge on any atom is -0.300 e. The Balaban J connectivity index is -0.000000101. The summed E-state index contributed by atoms with van der Waals surface area (Å²) in [5, 5.41) is 7.26. The van der Waals surface area contributed by atoms with Crippen LogP contribution in [0.15, 0.2) is 0 Å². The summed E-state index contributed by atoms with van der Waals surface area (Å²) in [4.78, 5) is 18.3. The van der Waals surface area contributed by atoms with Gasteiger partial charge >= 0.3 is 0 Å². The molecule has 70 valence electrons. The van der Waals surface area contributed by atoms with Crippen LogP contribution < -0.4 is 0 Å². The fourth-order valence-electron chi connectivity index (χ4n) is 0. The number of hydrogen-bond donors (Lipinski definition) is 2. The molecule has 0 atom stereocenters. The summed E-state index contributed by atoms with van der Waals surface area (Å²) < 4.78 is 22.8. The Bertz CT molecular complexity index is 165. The number of carbonyl (C=O) groups is 2. The summed E-state index contributed by atoms with van der Waals surface area (Å²) in [6, 6.07) is 1.25. The quantitative estimate of drug-likeness (QED) is 0.319. The second-order valence-electron chi connectivity index (χ2n) is 1.39. The maximum absolute atomic E-state index is 9.44. The van der Waals surface area contributed by atoms with Crippen LogP contribution >= 0.6 is 0 Å². The van der Waals surface area contributed by atoms with Crippen LogP contribution in [0, 0.1) is 11.3 Å². The predicted octanol–water partition coefficient (Wildman–Crippen LogP) is -0.0147. The highest BCUT2D eigenvalue weighted by molar-refractivity contribution is 7.73. The maximum atomic E-state index is 9.44. The third kappa shape index (κ3) is 55500. The lowest BCUT2D eigenvalue weighted by Crippen LogP contribution is -1.74. The standard InChI is InChI=1S/C3H6O.C2HNO.H2O3S/c1-3(2)4;3-1-2-4;1-4(2)3/h1-2H3;2H;(H2,1,2,3). The third-order valence-electron chi connectivity index (χ3n) is 0.0527. The lowest BCUT2D eigenvalue weighted by Gasteiger charge is -1.59. The molecule has 0 rings (SSSR count). The van der Waals surface area contributed by atoms with Crippen molar-refractivity contribution in [3.63, 3.8) is 0 Å². The first-order valence-corrected chi connectivity index (χ1v) is 3.55. The van der Waals surface area contributed by atoms with Crippen molar-refractivity contribution in [1.29, 1.82) is 5.26 Å². The fourth-order valence-corrected chi connectivity index (χ4v) is 0. The van der Waals surface area contributed by atoms with Crippen molar-refractivity contribution >= 4 is 23.4 Å². The van der Waals surface area contributed by atoms with Gasteiger partial charge in [0, 0.05) is 0 Å². The topological polar surface area (TPSA) is 115 Å². The van der Waals surface area contributed by atoms with E-state index in [1.165, 1.54) is 19.9 Å². The average molecular weight is 195 g/mol. The SMILES string of the molecule is CC(C)=O.N#CC=O.O=S(O)O. The van der Waals surface area contributed by atoms with Crippen LogP contribution in [0.3, 0.4) is 0 Å². The molecule has 0 aromatic heterocycles. The lowest BCUT2D eigenvalue weighted by atomic mass is 10.6. The van der Waals surface area contributed by atoms with Crippen molar-refractivity contribution < 1.29 is 22.9 Å². The van der Waals surface area contributed by atoms with E-state index in [-0.39, 0.29) is 12.1 Å². The van der Waals surface area contributed by atoms with E-state index in [0.717, 1.165) is 0 Å². The highest BCUT2D eigenvalue weighted by Crippen LogP contribution is 1.50. The summed E-state index contributed by atoms with van der Waals surface area (Å²) in [5.41, 5.74) is 0. The smallest absolute Gasteiger partial charge is 0.299 e. The summed E-state index contributed by atoms with van der Waals surface area (Å²) in [6.07, 6.45) is 0.181. The molecular formula is C5H9NO5S. The molecular weight excluding hydrogens is 186 g/mol. The van der Waals surface area contributed by atoms with E-state index in [4.69, 9.17) is 23.4 Å². The zero-order chi connectivity index (χ0) is 10.6. The molecule has 0 amide bonds. The number of nitriles is 1. The van der Waals surface area contributed by atoms with Gasteiger partial charge in [-0.3, -0.25) is 13.9 Å². The van der Waals surface area contributed by atoms with E-state index < -0.39 is 11.4 Å². The maximum Gasteiger partial charge on any atom is 0.299 e. The van der Waals surface area contributed by atoms with Crippen LogP contribution in [-0.4, -0.2) is 25.4 Å². The minimum atomic E-state index is -2.61. The van der Waals surface area contributed by atoms with Crippen LogP contribution in [0.2, 0.25) is 0 Å². The van der Waals surface area contributed by atoms with Gasteiger partial charge in [0.25, 0.3) is 11.4 Å². The highest BCUT2D eigenvalue weighted by atomic mass is 32.2. The summed E-state index contributed by atoms with van der Waals surface area (Å²) in [7, 11) is 0. The van der Waals surface area contributed by atoms with E-state index in [0.29, 0.717) is 0 Å². The number of aldehydes is 1. The van der Waals surface area contributed by atoms with Crippen LogP contribution in [0.4, 0.5) is 0 Å². The van der Waals surface area contributed by atoms with Gasteiger partial charge in [0.1, 0.15) is 11.9 Å². The van der Waals surface area contributed by atoms with Gasteiger partial charge < -0.3 is 4.79 Å². The van der Waals surface area contributed by atoms with Gasteiger partial charge in [-0.2, -0.15) is 9.47 Å². The Kier molecular flexibility index (Phi) is 23.5. The first-order chi connectivity index (χ1) is 5.38. The molecule has 0 bridgehead atoms. The van der Waals surface area contributed by atoms with Crippen molar-refractivity contribution in [2.75, 3.05) is 0 Å². The molecule has 0 saturated carbocycles. The zero-order valence-corrected chi connectivity index (χ0v) is 7.37. The molecule has 0 saturated heterocycles. The van der Waals surface area contributed by atoms with Crippen LogP contribution in [0.1, 0.15) is 13.8 Å². The number of ketones is 1. The second kappa shape index (κ2) is 16.5. The molecule has 0 unspecified atom stereocenters. The van der Waals surface area contributed by atoms with Crippen LogP contribution in [0.5, 0.6) is 0 Å². The molecule has 12 heavy (non-hydrogen) atoms. The molecule has 7 heteroatoms. The Labute approximate surface area is 72.3 Å². The van der Waals surface area contributed by atoms with Gasteiger partial charge in [-0.15, -0.1) is 0 Å². The summed E-state index contributed by atoms with van der Waals surface area (Å²) in [5.74, 6) is 0.167. The Morgan fingerprint density at radius 1 is 1.50 bits per heavy atom. The molecule has 0 spiro atoms. The molecule has 6 nitrogen and oxygen atoms in total. The third-order valence-corrected chi connectivity index (χ3v) is 0.0527. The minimum absolute atomic E-state index is 0.167. The van der Waals surface area contributed by atoms with Crippen LogP contribution in [0.25, 0.3) is 0 Å². The van der Waals surface area contributed by atoms with Crippen molar-refractivity contribution in [2.24, 2.45) is 0 Å². The molecule has 0 aromatic rings. The van der Waals surface area contributed by atoms with Crippen molar-refractivity contribution in [2.45, 2.75) is 13.8 Å². The highest BCUT2D eigenvalue weighted by Gasteiger charge is 1.63. The number of rotatable bonds is 0.